The number of ether oxygens (including phenoxy) is 1. The minimum Gasteiger partial charge on any atom is -0.443 e. The monoisotopic (exact) mass is 426 g/mol. The van der Waals surface area contributed by atoms with Crippen LogP contribution in [0.4, 0.5) is 4.79 Å². The summed E-state index contributed by atoms with van der Waals surface area (Å²) in [4.78, 5) is 17.2. The first-order chi connectivity index (χ1) is 15.2. The number of carbonyl (C=O) groups excluding carboxylic acids is 1. The van der Waals surface area contributed by atoms with Crippen LogP contribution >= 0.6 is 7.05 Å². The summed E-state index contributed by atoms with van der Waals surface area (Å²) < 4.78 is 10.4. The van der Waals surface area contributed by atoms with E-state index in [1.807, 2.05) is 84.9 Å². The predicted octanol–water partition coefficient (Wildman–Crippen LogP) is 5.20. The average Bonchev–Trinajstić information content (AvgIpc) is 2.83. The Labute approximate surface area is 182 Å². The van der Waals surface area contributed by atoms with E-state index >= 15 is 0 Å². The molecule has 1 heterocycles. The largest absolute Gasteiger partial charge is 0.443 e. The maximum atomic E-state index is 13.1. The minimum absolute atomic E-state index is 0.132. The van der Waals surface area contributed by atoms with Gasteiger partial charge in [0.15, 0.2) is 0 Å². The summed E-state index contributed by atoms with van der Waals surface area (Å²) in [6.07, 6.45) is 2.80. The Morgan fingerprint density at radius 2 is 1.45 bits per heavy atom. The van der Waals surface area contributed by atoms with Gasteiger partial charge < -0.3 is 4.74 Å². The zero-order valence-corrected chi connectivity index (χ0v) is 18.2. The average molecular weight is 426 g/mol. The molecule has 0 bridgehead atoms. The number of benzene rings is 3. The lowest BCUT2D eigenvalue weighted by atomic mass is 10.2. The molecule has 0 fully saturated rings. The second kappa shape index (κ2) is 9.55. The lowest BCUT2D eigenvalue weighted by Crippen LogP contribution is -2.27. The number of hydrogen-bond acceptors (Lipinski definition) is 3. The van der Waals surface area contributed by atoms with Gasteiger partial charge >= 0.3 is 6.09 Å². The summed E-state index contributed by atoms with van der Waals surface area (Å²) in [5.41, 5.74) is 1.91. The van der Waals surface area contributed by atoms with Crippen LogP contribution in [0.3, 0.4) is 0 Å². The fourth-order valence-corrected chi connectivity index (χ4v) is 7.18. The third-order valence-electron chi connectivity index (χ3n) is 5.04. The van der Waals surface area contributed by atoms with Crippen LogP contribution in [0, 0.1) is 6.92 Å². The molecule has 0 saturated carbocycles. The zero-order chi connectivity index (χ0) is 21.5. The minimum atomic E-state index is -2.63. The van der Waals surface area contributed by atoms with Crippen LogP contribution in [0.1, 0.15) is 11.1 Å². The molecule has 0 atom stereocenters. The van der Waals surface area contributed by atoms with E-state index < -0.39 is 13.1 Å². The van der Waals surface area contributed by atoms with Crippen molar-refractivity contribution in [2.24, 2.45) is 4.74 Å². The molecule has 4 aromatic rings. The molecule has 5 heteroatoms. The third-order valence-corrected chi connectivity index (χ3v) is 8.79. The molecule has 0 saturated heterocycles. The molecule has 3 aromatic carbocycles. The summed E-state index contributed by atoms with van der Waals surface area (Å²) >= 11 is 0. The van der Waals surface area contributed by atoms with Crippen LogP contribution in [-0.4, -0.2) is 11.1 Å². The van der Waals surface area contributed by atoms with Crippen molar-refractivity contribution in [3.8, 4) is 0 Å². The number of amides is 1. The van der Waals surface area contributed by atoms with Crippen LogP contribution < -0.4 is 15.9 Å². The Morgan fingerprint density at radius 3 is 2.03 bits per heavy atom. The SMILES string of the molecule is Cc1ccccc1P(=NC(=O)OCc1cccnc1)(c1ccccc1)c1ccccc1. The molecular weight excluding hydrogens is 403 g/mol. The van der Waals surface area contributed by atoms with Gasteiger partial charge in [0.05, 0.1) is 7.05 Å². The van der Waals surface area contributed by atoms with E-state index in [1.165, 1.54) is 0 Å². The highest BCUT2D eigenvalue weighted by molar-refractivity contribution is 7.87. The molecule has 31 heavy (non-hydrogen) atoms. The van der Waals surface area contributed by atoms with Crippen molar-refractivity contribution in [2.75, 3.05) is 0 Å². The van der Waals surface area contributed by atoms with Crippen molar-refractivity contribution in [1.29, 1.82) is 0 Å². The Bertz CT molecular complexity index is 1170. The van der Waals surface area contributed by atoms with Crippen LogP contribution in [0.2, 0.25) is 0 Å². The van der Waals surface area contributed by atoms with E-state index in [0.717, 1.165) is 27.0 Å². The summed E-state index contributed by atoms with van der Waals surface area (Å²) in [6.45, 7) is 2.19. The third kappa shape index (κ3) is 4.50. The van der Waals surface area contributed by atoms with Crippen molar-refractivity contribution in [3.05, 3.63) is 121 Å². The fraction of sp³-hybridized carbons (Fsp3) is 0.0769. The molecule has 0 unspecified atom stereocenters. The first-order valence-electron chi connectivity index (χ1n) is 10.1. The number of aromatic nitrogens is 1. The van der Waals surface area contributed by atoms with Gasteiger partial charge in [0.1, 0.15) is 6.61 Å². The molecule has 0 aliphatic rings. The number of rotatable bonds is 5. The molecule has 0 radical (unpaired) electrons. The van der Waals surface area contributed by atoms with Crippen LogP contribution in [-0.2, 0) is 11.3 Å². The fourth-order valence-electron chi connectivity index (χ4n) is 3.59. The number of carbonyl (C=O) groups is 1. The second-order valence-corrected chi connectivity index (χ2v) is 10.1. The predicted molar refractivity (Wildman–Crippen MR) is 127 cm³/mol. The van der Waals surface area contributed by atoms with E-state index in [4.69, 9.17) is 9.48 Å². The van der Waals surface area contributed by atoms with Crippen molar-refractivity contribution >= 4 is 29.1 Å². The van der Waals surface area contributed by atoms with Crippen LogP contribution in [0.15, 0.2) is 114 Å². The van der Waals surface area contributed by atoms with E-state index in [2.05, 4.69) is 24.0 Å². The summed E-state index contributed by atoms with van der Waals surface area (Å²) in [7, 11) is -2.63. The first-order valence-corrected chi connectivity index (χ1v) is 11.8. The smallest absolute Gasteiger partial charge is 0.433 e. The Kier molecular flexibility index (Phi) is 6.40. The van der Waals surface area contributed by atoms with Gasteiger partial charge in [0.25, 0.3) is 0 Å². The van der Waals surface area contributed by atoms with E-state index in [0.29, 0.717) is 0 Å². The molecule has 154 valence electrons. The topological polar surface area (TPSA) is 51.5 Å². The van der Waals surface area contributed by atoms with Gasteiger partial charge in [-0.3, -0.25) is 4.98 Å². The Balaban J connectivity index is 1.90. The first kappa shape index (κ1) is 20.8. The van der Waals surface area contributed by atoms with Gasteiger partial charge in [0.2, 0.25) is 0 Å². The van der Waals surface area contributed by atoms with Gasteiger partial charge in [-0.15, -0.1) is 0 Å². The number of nitrogens with zero attached hydrogens (tertiary/aromatic N) is 2. The van der Waals surface area contributed by atoms with E-state index in [-0.39, 0.29) is 6.61 Å². The lowest BCUT2D eigenvalue weighted by molar-refractivity contribution is 0.151. The van der Waals surface area contributed by atoms with Gasteiger partial charge in [-0.05, 0) is 18.6 Å². The molecule has 4 rings (SSSR count). The lowest BCUT2D eigenvalue weighted by Gasteiger charge is -2.27. The van der Waals surface area contributed by atoms with E-state index in [1.54, 1.807) is 12.4 Å². The molecule has 0 spiro atoms. The molecule has 0 N–H and O–H groups in total. The maximum Gasteiger partial charge on any atom is 0.433 e. The highest BCUT2D eigenvalue weighted by atomic mass is 31.2. The van der Waals surface area contributed by atoms with Gasteiger partial charge in [0, 0.05) is 33.9 Å². The number of hydrogen-bond donors (Lipinski definition) is 0. The van der Waals surface area contributed by atoms with Crippen molar-refractivity contribution in [3.63, 3.8) is 0 Å². The Hall–Kier alpha value is -3.49. The van der Waals surface area contributed by atoms with Crippen LogP contribution in [0.25, 0.3) is 0 Å². The summed E-state index contributed by atoms with van der Waals surface area (Å²) in [6, 6.07) is 31.9. The Morgan fingerprint density at radius 1 is 0.839 bits per heavy atom. The molecule has 1 aromatic heterocycles. The summed E-state index contributed by atoms with van der Waals surface area (Å²) in [5.74, 6) is 0. The normalized spacial score (nSPS) is 11.0. The zero-order valence-electron chi connectivity index (χ0n) is 17.3. The molecule has 0 aliphatic heterocycles. The van der Waals surface area contributed by atoms with Crippen molar-refractivity contribution in [2.45, 2.75) is 13.5 Å². The summed E-state index contributed by atoms with van der Waals surface area (Å²) in [5, 5.41) is 3.06. The molecule has 0 aliphatic carbocycles. The number of pyridine rings is 1. The number of aryl methyl sites for hydroxylation is 1. The van der Waals surface area contributed by atoms with Crippen molar-refractivity contribution in [1.82, 2.24) is 4.98 Å². The van der Waals surface area contributed by atoms with Crippen molar-refractivity contribution < 1.29 is 9.53 Å². The second-order valence-electron chi connectivity index (χ2n) is 7.11. The standard InChI is InChI=1S/C26H23N2O2P/c1-21-11-8-9-17-25(21)31(23-13-4-2-5-14-23,24-15-6-3-7-16-24)28-26(29)30-20-22-12-10-18-27-19-22/h2-19H,20H2,1H3. The van der Waals surface area contributed by atoms with Crippen LogP contribution in [0.5, 0.6) is 0 Å². The van der Waals surface area contributed by atoms with Gasteiger partial charge in [-0.1, -0.05) is 91.0 Å². The van der Waals surface area contributed by atoms with E-state index in [9.17, 15) is 4.79 Å². The highest BCUT2D eigenvalue weighted by Gasteiger charge is 2.30. The van der Waals surface area contributed by atoms with Gasteiger partial charge in [-0.25, -0.2) is 4.79 Å². The van der Waals surface area contributed by atoms with Gasteiger partial charge in [-0.2, -0.15) is 4.74 Å². The molecule has 1 amide bonds. The molecule has 4 nitrogen and oxygen atoms in total. The maximum absolute atomic E-state index is 13.1. The molecular formula is C26H23N2O2P. The quantitative estimate of drug-likeness (QED) is 0.412. The highest BCUT2D eigenvalue weighted by Crippen LogP contribution is 2.47.